The van der Waals surface area contributed by atoms with Gasteiger partial charge in [0.1, 0.15) is 18.7 Å². The van der Waals surface area contributed by atoms with Crippen molar-refractivity contribution in [3.05, 3.63) is 53.6 Å². The maximum atomic E-state index is 12.5. The van der Waals surface area contributed by atoms with Crippen LogP contribution in [0.2, 0.25) is 0 Å². The maximum absolute atomic E-state index is 12.5. The fraction of sp³-hybridized carbons (Fsp3) is 0.458. The van der Waals surface area contributed by atoms with E-state index in [1.807, 2.05) is 43.3 Å². The summed E-state index contributed by atoms with van der Waals surface area (Å²) in [7, 11) is 0. The number of hydrogen-bond donors (Lipinski definition) is 0. The topological polar surface area (TPSA) is 60.4 Å². The molecular formula is C24H28O4. The number of benzene rings is 1. The van der Waals surface area contributed by atoms with Gasteiger partial charge in [-0.1, -0.05) is 57.2 Å². The van der Waals surface area contributed by atoms with Crippen LogP contribution < -0.4 is 0 Å². The van der Waals surface area contributed by atoms with Gasteiger partial charge in [-0.25, -0.2) is 4.79 Å². The second kappa shape index (κ2) is 7.86. The van der Waals surface area contributed by atoms with E-state index in [0.717, 1.165) is 31.0 Å². The first-order valence-corrected chi connectivity index (χ1v) is 9.87. The van der Waals surface area contributed by atoms with Crippen molar-refractivity contribution in [2.45, 2.75) is 46.1 Å². The molecule has 148 valence electrons. The molecule has 1 saturated carbocycles. The molecule has 28 heavy (non-hydrogen) atoms. The molecule has 1 aromatic carbocycles. The van der Waals surface area contributed by atoms with Gasteiger partial charge < -0.3 is 9.53 Å². The third kappa shape index (κ3) is 3.60. The first-order chi connectivity index (χ1) is 13.3. The molecule has 0 aromatic heterocycles. The molecule has 0 saturated heterocycles. The summed E-state index contributed by atoms with van der Waals surface area (Å²) in [6.07, 6.45) is 8.58. The largest absolute Gasteiger partial charge is 0.459 e. The highest BCUT2D eigenvalue weighted by atomic mass is 16.5. The van der Waals surface area contributed by atoms with Crippen LogP contribution in [0.4, 0.5) is 0 Å². The summed E-state index contributed by atoms with van der Waals surface area (Å²) in [4.78, 5) is 36.1. The van der Waals surface area contributed by atoms with Crippen LogP contribution in [-0.2, 0) is 19.1 Å². The Kier molecular flexibility index (Phi) is 5.69. The molecule has 0 unspecified atom stereocenters. The minimum atomic E-state index is -0.593. The van der Waals surface area contributed by atoms with Crippen LogP contribution in [-0.4, -0.2) is 24.6 Å². The Hall–Kier alpha value is -2.49. The first-order valence-electron chi connectivity index (χ1n) is 9.87. The van der Waals surface area contributed by atoms with Gasteiger partial charge >= 0.3 is 5.97 Å². The van der Waals surface area contributed by atoms with Gasteiger partial charge in [-0.05, 0) is 47.8 Å². The summed E-state index contributed by atoms with van der Waals surface area (Å²) < 4.78 is 5.88. The summed E-state index contributed by atoms with van der Waals surface area (Å²) in [5, 5.41) is 0. The Balaban J connectivity index is 1.87. The van der Waals surface area contributed by atoms with E-state index in [1.54, 1.807) is 6.08 Å². The van der Waals surface area contributed by atoms with E-state index in [2.05, 4.69) is 13.8 Å². The van der Waals surface area contributed by atoms with Gasteiger partial charge in [0, 0.05) is 11.5 Å². The fourth-order valence-electron chi connectivity index (χ4n) is 5.23. The molecule has 0 radical (unpaired) electrons. The Morgan fingerprint density at radius 1 is 1.14 bits per heavy atom. The number of hydrogen-bond acceptors (Lipinski definition) is 4. The van der Waals surface area contributed by atoms with E-state index in [9.17, 15) is 14.4 Å². The fourth-order valence-corrected chi connectivity index (χ4v) is 5.23. The second-order valence-corrected chi connectivity index (χ2v) is 8.79. The number of aldehydes is 2. The van der Waals surface area contributed by atoms with Crippen LogP contribution in [0.1, 0.15) is 45.6 Å². The van der Waals surface area contributed by atoms with E-state index in [1.165, 1.54) is 6.08 Å². The molecule has 4 heteroatoms. The smallest absolute Gasteiger partial charge is 0.331 e. The monoisotopic (exact) mass is 380 g/mol. The molecule has 0 heterocycles. The molecule has 4 atom stereocenters. The number of fused-ring (bicyclic) bond motifs is 1. The number of carbonyl (C=O) groups excluding carboxylic acids is 3. The summed E-state index contributed by atoms with van der Waals surface area (Å²) in [6.45, 7) is 6.41. The Morgan fingerprint density at radius 2 is 1.86 bits per heavy atom. The van der Waals surface area contributed by atoms with Crippen LogP contribution in [0.3, 0.4) is 0 Å². The molecule has 2 aliphatic carbocycles. The summed E-state index contributed by atoms with van der Waals surface area (Å²) in [6, 6.07) is 9.55. The Morgan fingerprint density at radius 3 is 2.50 bits per heavy atom. The molecule has 2 aliphatic rings. The minimum Gasteiger partial charge on any atom is -0.459 e. The molecule has 0 N–H and O–H groups in total. The van der Waals surface area contributed by atoms with Gasteiger partial charge in [-0.3, -0.25) is 4.79 Å². The lowest BCUT2D eigenvalue weighted by Crippen LogP contribution is -2.57. The average Bonchev–Trinajstić information content (AvgIpc) is 2.68. The van der Waals surface area contributed by atoms with E-state index in [4.69, 9.17) is 4.74 Å². The van der Waals surface area contributed by atoms with E-state index in [0.29, 0.717) is 12.0 Å². The molecule has 0 amide bonds. The standard InChI is InChI=1S/C24H28O4/c1-23(2)14-13-21(28-22(27)12-9-17-7-5-4-6-8-17)24(3)19(16-26)18(15-25)10-11-20(23)24/h4-10,12,15-16,19-21H,11,13-14H2,1-3H3/t19-,20-,21+,24+/m0/s1. The lowest BCUT2D eigenvalue weighted by molar-refractivity contribution is -0.175. The van der Waals surface area contributed by atoms with Crippen molar-refractivity contribution in [1.82, 2.24) is 0 Å². The molecule has 3 rings (SSSR count). The number of carbonyl (C=O) groups is 3. The highest BCUT2D eigenvalue weighted by Crippen LogP contribution is 2.59. The SMILES string of the molecule is CC1(C)CC[C@@H](OC(=O)C=Cc2ccccc2)[C@]2(C)[C@@H](C=O)C(C=O)=CC[C@@H]12. The first kappa shape index (κ1) is 20.2. The highest BCUT2D eigenvalue weighted by molar-refractivity contribution is 5.87. The molecule has 0 spiro atoms. The van der Waals surface area contributed by atoms with Crippen LogP contribution in [0.25, 0.3) is 6.08 Å². The van der Waals surface area contributed by atoms with Crippen LogP contribution in [0.15, 0.2) is 48.1 Å². The predicted octanol–water partition coefficient (Wildman–Crippen LogP) is 4.40. The molecule has 1 fully saturated rings. The summed E-state index contributed by atoms with van der Waals surface area (Å²) >= 11 is 0. The molecule has 0 aliphatic heterocycles. The predicted molar refractivity (Wildman–Crippen MR) is 108 cm³/mol. The van der Waals surface area contributed by atoms with Crippen molar-refractivity contribution in [2.24, 2.45) is 22.7 Å². The zero-order chi connectivity index (χ0) is 20.4. The van der Waals surface area contributed by atoms with Gasteiger partial charge in [0.25, 0.3) is 0 Å². The number of ether oxygens (including phenoxy) is 1. The van der Waals surface area contributed by atoms with Crippen LogP contribution in [0, 0.1) is 22.7 Å². The lowest BCUT2D eigenvalue weighted by Gasteiger charge is -2.57. The van der Waals surface area contributed by atoms with E-state index in [-0.39, 0.29) is 11.3 Å². The van der Waals surface area contributed by atoms with Crippen LogP contribution in [0.5, 0.6) is 0 Å². The number of esters is 1. The van der Waals surface area contributed by atoms with Crippen molar-refractivity contribution >= 4 is 24.6 Å². The molecule has 0 bridgehead atoms. The van der Waals surface area contributed by atoms with Crippen molar-refractivity contribution in [3.8, 4) is 0 Å². The summed E-state index contributed by atoms with van der Waals surface area (Å²) in [5.41, 5.74) is 0.837. The third-order valence-electron chi connectivity index (χ3n) is 6.80. The normalized spacial score (nSPS) is 31.5. The minimum absolute atomic E-state index is 0.00368. The van der Waals surface area contributed by atoms with Crippen LogP contribution >= 0.6 is 0 Å². The van der Waals surface area contributed by atoms with Crippen molar-refractivity contribution in [2.75, 3.05) is 0 Å². The van der Waals surface area contributed by atoms with E-state index < -0.39 is 23.4 Å². The molecule has 1 aromatic rings. The van der Waals surface area contributed by atoms with Crippen molar-refractivity contribution in [1.29, 1.82) is 0 Å². The zero-order valence-electron chi connectivity index (χ0n) is 16.8. The van der Waals surface area contributed by atoms with Crippen molar-refractivity contribution < 1.29 is 19.1 Å². The van der Waals surface area contributed by atoms with Gasteiger partial charge in [0.15, 0.2) is 0 Å². The number of allylic oxidation sites excluding steroid dienone is 2. The van der Waals surface area contributed by atoms with Gasteiger partial charge in [-0.2, -0.15) is 0 Å². The maximum Gasteiger partial charge on any atom is 0.331 e. The van der Waals surface area contributed by atoms with Gasteiger partial charge in [0.05, 0.1) is 5.92 Å². The summed E-state index contributed by atoms with van der Waals surface area (Å²) in [5.74, 6) is -0.817. The average molecular weight is 380 g/mol. The van der Waals surface area contributed by atoms with Gasteiger partial charge in [-0.15, -0.1) is 0 Å². The molecule has 4 nitrogen and oxygen atoms in total. The van der Waals surface area contributed by atoms with E-state index >= 15 is 0 Å². The Bertz CT molecular complexity index is 805. The highest BCUT2D eigenvalue weighted by Gasteiger charge is 2.58. The quantitative estimate of drug-likeness (QED) is 0.432. The third-order valence-corrected chi connectivity index (χ3v) is 6.80. The number of rotatable bonds is 5. The zero-order valence-corrected chi connectivity index (χ0v) is 16.8. The Labute approximate surface area is 166 Å². The van der Waals surface area contributed by atoms with Gasteiger partial charge in [0.2, 0.25) is 0 Å². The lowest BCUT2D eigenvalue weighted by atomic mass is 9.48. The molecular weight excluding hydrogens is 352 g/mol. The van der Waals surface area contributed by atoms with Crippen molar-refractivity contribution in [3.63, 3.8) is 0 Å². The second-order valence-electron chi connectivity index (χ2n) is 8.79.